The molecule has 6 heteroatoms. The van der Waals surface area contributed by atoms with E-state index in [0.29, 0.717) is 17.4 Å². The molecule has 5 nitrogen and oxygen atoms in total. The van der Waals surface area contributed by atoms with Crippen LogP contribution in [-0.2, 0) is 9.59 Å². The van der Waals surface area contributed by atoms with E-state index >= 15 is 0 Å². The summed E-state index contributed by atoms with van der Waals surface area (Å²) in [5, 5.41) is 1.00. The van der Waals surface area contributed by atoms with Gasteiger partial charge in [-0.25, -0.2) is 0 Å². The van der Waals surface area contributed by atoms with Crippen molar-refractivity contribution in [3.8, 4) is 0 Å². The SMILES string of the molecule is C[C@@]12C(=O)N(NC(=O)c3cccc(Br)c3)C(=O)[C@]13C1C=CC23CC2CC21. The molecule has 4 unspecified atom stereocenters. The standard InChI is InChI=1S/C20H17BrN2O3/c1-18-16(25)23(22-15(24)10-3-2-4-12(21)7-10)17(26)20(18)14-5-6-19(18,20)9-11-8-13(11)14/h2-7,11,13-14H,8-9H2,1H3,(H,22,24)/t11?,13?,14?,18-,19?,20+/m0/s1. The van der Waals surface area contributed by atoms with Crippen LogP contribution in [0.4, 0.5) is 0 Å². The van der Waals surface area contributed by atoms with Gasteiger partial charge in [0.2, 0.25) is 0 Å². The number of fused-ring (bicyclic) bond motifs is 2. The Balaban J connectivity index is 1.36. The number of halogens is 1. The minimum absolute atomic E-state index is 0.149. The number of rotatable bonds is 2. The Bertz CT molecular complexity index is 974. The van der Waals surface area contributed by atoms with Crippen molar-refractivity contribution in [1.82, 2.24) is 10.4 Å². The van der Waals surface area contributed by atoms with Crippen LogP contribution >= 0.6 is 15.9 Å². The molecule has 6 rings (SSSR count). The molecule has 0 aromatic heterocycles. The van der Waals surface area contributed by atoms with Crippen LogP contribution in [0.25, 0.3) is 0 Å². The number of hydrogen-bond donors (Lipinski definition) is 1. The summed E-state index contributed by atoms with van der Waals surface area (Å²) in [5.41, 5.74) is 1.32. The molecule has 5 aliphatic rings. The second kappa shape index (κ2) is 4.14. The Labute approximate surface area is 158 Å². The van der Waals surface area contributed by atoms with Crippen molar-refractivity contribution < 1.29 is 14.4 Å². The van der Waals surface area contributed by atoms with Gasteiger partial charge in [0.05, 0.1) is 10.8 Å². The van der Waals surface area contributed by atoms with Crippen LogP contribution in [0.2, 0.25) is 0 Å². The third kappa shape index (κ3) is 1.26. The van der Waals surface area contributed by atoms with Gasteiger partial charge in [0.15, 0.2) is 0 Å². The molecular weight excluding hydrogens is 396 g/mol. The van der Waals surface area contributed by atoms with Crippen LogP contribution in [0.5, 0.6) is 0 Å². The summed E-state index contributed by atoms with van der Waals surface area (Å²) >= 11 is 3.34. The smallest absolute Gasteiger partial charge is 0.270 e. The summed E-state index contributed by atoms with van der Waals surface area (Å²) in [6, 6.07) is 6.90. The van der Waals surface area contributed by atoms with Crippen LogP contribution < -0.4 is 5.43 Å². The molecule has 26 heavy (non-hydrogen) atoms. The topological polar surface area (TPSA) is 66.5 Å². The highest BCUT2D eigenvalue weighted by atomic mass is 79.9. The molecule has 132 valence electrons. The summed E-state index contributed by atoms with van der Waals surface area (Å²) in [6.07, 6.45) is 6.42. The minimum Gasteiger partial charge on any atom is -0.272 e. The van der Waals surface area contributed by atoms with Gasteiger partial charge in [-0.05, 0) is 55.7 Å². The number of piperidine rings is 1. The van der Waals surface area contributed by atoms with Crippen LogP contribution in [0.3, 0.4) is 0 Å². The van der Waals surface area contributed by atoms with E-state index in [9.17, 15) is 14.4 Å². The van der Waals surface area contributed by atoms with Crippen molar-refractivity contribution in [2.45, 2.75) is 19.8 Å². The fraction of sp³-hybridized carbons (Fsp3) is 0.450. The minimum atomic E-state index is -0.700. The molecule has 1 spiro atoms. The van der Waals surface area contributed by atoms with Crippen molar-refractivity contribution >= 4 is 33.7 Å². The van der Waals surface area contributed by atoms with Gasteiger partial charge in [-0.3, -0.25) is 19.8 Å². The van der Waals surface area contributed by atoms with Gasteiger partial charge in [0.25, 0.3) is 17.7 Å². The Hall–Kier alpha value is -1.95. The van der Waals surface area contributed by atoms with E-state index in [1.54, 1.807) is 18.2 Å². The number of hydrogen-bond acceptors (Lipinski definition) is 3. The van der Waals surface area contributed by atoms with Gasteiger partial charge < -0.3 is 0 Å². The number of nitrogens with one attached hydrogen (secondary N) is 1. The molecule has 3 saturated carbocycles. The van der Waals surface area contributed by atoms with Gasteiger partial charge in [0, 0.05) is 15.5 Å². The summed E-state index contributed by atoms with van der Waals surface area (Å²) in [5.74, 6) is 0.434. The lowest BCUT2D eigenvalue weighted by molar-refractivity contribution is -0.149. The zero-order valence-electron chi connectivity index (χ0n) is 14.2. The normalized spacial score (nSPS) is 45.9. The van der Waals surface area contributed by atoms with E-state index in [0.717, 1.165) is 15.9 Å². The van der Waals surface area contributed by atoms with Crippen LogP contribution in [-0.4, -0.2) is 22.7 Å². The summed E-state index contributed by atoms with van der Waals surface area (Å²) in [7, 11) is 0. The molecule has 1 aromatic carbocycles. The molecule has 1 N–H and O–H groups in total. The molecule has 4 aliphatic carbocycles. The third-order valence-electron chi connectivity index (χ3n) is 7.90. The molecule has 6 atom stereocenters. The Morgan fingerprint density at radius 1 is 1.31 bits per heavy atom. The third-order valence-corrected chi connectivity index (χ3v) is 8.40. The van der Waals surface area contributed by atoms with Crippen molar-refractivity contribution in [3.63, 3.8) is 0 Å². The number of carbonyl (C=O) groups is 3. The predicted molar refractivity (Wildman–Crippen MR) is 95.3 cm³/mol. The molecule has 1 aromatic rings. The van der Waals surface area contributed by atoms with E-state index in [1.165, 1.54) is 6.42 Å². The van der Waals surface area contributed by atoms with Gasteiger partial charge in [-0.1, -0.05) is 34.1 Å². The summed E-state index contributed by atoms with van der Waals surface area (Å²) < 4.78 is 0.769. The monoisotopic (exact) mass is 412 g/mol. The van der Waals surface area contributed by atoms with E-state index in [-0.39, 0.29) is 23.1 Å². The lowest BCUT2D eigenvalue weighted by Crippen LogP contribution is -2.52. The van der Waals surface area contributed by atoms with Gasteiger partial charge >= 0.3 is 0 Å². The van der Waals surface area contributed by atoms with Crippen molar-refractivity contribution in [3.05, 3.63) is 46.5 Å². The first kappa shape index (κ1) is 15.1. The molecule has 1 saturated heterocycles. The molecule has 1 heterocycles. The number of hydrazine groups is 1. The van der Waals surface area contributed by atoms with Gasteiger partial charge in [-0.2, -0.15) is 5.01 Å². The Morgan fingerprint density at radius 3 is 2.88 bits per heavy atom. The molecule has 1 aliphatic heterocycles. The zero-order valence-corrected chi connectivity index (χ0v) is 15.7. The maximum atomic E-state index is 13.4. The second-order valence-electron chi connectivity index (χ2n) is 8.55. The first-order chi connectivity index (χ1) is 12.4. The van der Waals surface area contributed by atoms with E-state index in [1.807, 2.05) is 13.0 Å². The summed E-state index contributed by atoms with van der Waals surface area (Å²) in [4.78, 5) is 39.2. The number of benzene rings is 1. The van der Waals surface area contributed by atoms with E-state index in [4.69, 9.17) is 0 Å². The first-order valence-electron chi connectivity index (χ1n) is 9.03. The van der Waals surface area contributed by atoms with Crippen molar-refractivity contribution in [1.29, 1.82) is 0 Å². The van der Waals surface area contributed by atoms with E-state index in [2.05, 4.69) is 33.5 Å². The Morgan fingerprint density at radius 2 is 2.12 bits per heavy atom. The van der Waals surface area contributed by atoms with Crippen molar-refractivity contribution in [2.24, 2.45) is 34.0 Å². The largest absolute Gasteiger partial charge is 0.272 e. The average molecular weight is 413 g/mol. The van der Waals surface area contributed by atoms with Gasteiger partial charge in [-0.15, -0.1) is 0 Å². The molecule has 0 radical (unpaired) electrons. The fourth-order valence-corrected chi connectivity index (χ4v) is 7.15. The van der Waals surface area contributed by atoms with Crippen LogP contribution in [0, 0.1) is 34.0 Å². The number of allylic oxidation sites excluding steroid dienone is 2. The number of nitrogens with zero attached hydrogens (tertiary/aromatic N) is 1. The highest BCUT2D eigenvalue weighted by molar-refractivity contribution is 9.10. The number of imide groups is 1. The highest BCUT2D eigenvalue weighted by Crippen LogP contribution is 2.94. The van der Waals surface area contributed by atoms with Gasteiger partial charge in [0.1, 0.15) is 0 Å². The molecule has 3 amide bonds. The zero-order chi connectivity index (χ0) is 18.1. The maximum Gasteiger partial charge on any atom is 0.270 e. The van der Waals surface area contributed by atoms with E-state index < -0.39 is 16.7 Å². The van der Waals surface area contributed by atoms with Crippen LogP contribution in [0.1, 0.15) is 30.1 Å². The lowest BCUT2D eigenvalue weighted by atomic mass is 9.76. The lowest BCUT2D eigenvalue weighted by Gasteiger charge is -2.30. The first-order valence-corrected chi connectivity index (χ1v) is 9.83. The molecule has 4 fully saturated rings. The quantitative estimate of drug-likeness (QED) is 0.599. The molecule has 2 bridgehead atoms. The second-order valence-corrected chi connectivity index (χ2v) is 9.47. The highest BCUT2D eigenvalue weighted by Gasteiger charge is 3.00. The van der Waals surface area contributed by atoms with Crippen molar-refractivity contribution in [2.75, 3.05) is 0 Å². The van der Waals surface area contributed by atoms with Crippen LogP contribution in [0.15, 0.2) is 40.9 Å². The predicted octanol–water partition coefficient (Wildman–Crippen LogP) is 2.68. The Kier molecular flexibility index (Phi) is 2.41. The number of amides is 3. The maximum absolute atomic E-state index is 13.4. The molecular formula is C20H17BrN2O3. The number of carbonyl (C=O) groups excluding carboxylic acids is 3. The summed E-state index contributed by atoms with van der Waals surface area (Å²) in [6.45, 7) is 1.93. The fourth-order valence-electron chi connectivity index (χ4n) is 6.75. The average Bonchev–Trinajstić information content (AvgIpc) is 3.43.